The Kier molecular flexibility index (Phi) is 7.10. The predicted molar refractivity (Wildman–Crippen MR) is 107 cm³/mol. The molecule has 8 heteroatoms. The fourth-order valence-electron chi connectivity index (χ4n) is 3.47. The molecule has 156 valence electrons. The minimum Gasteiger partial charge on any atom is -0.493 e. The molecule has 0 aliphatic heterocycles. The van der Waals surface area contributed by atoms with Crippen LogP contribution in [0.15, 0.2) is 30.6 Å². The summed E-state index contributed by atoms with van der Waals surface area (Å²) in [4.78, 5) is 20.7. The predicted octanol–water partition coefficient (Wildman–Crippen LogP) is 2.55. The molecule has 0 bridgehead atoms. The van der Waals surface area contributed by atoms with Crippen molar-refractivity contribution in [2.24, 2.45) is 0 Å². The molecule has 0 spiro atoms. The molecule has 1 aliphatic rings. The average molecular weight is 401 g/mol. The van der Waals surface area contributed by atoms with E-state index >= 15 is 0 Å². The van der Waals surface area contributed by atoms with E-state index in [0.717, 1.165) is 31.2 Å². The number of benzene rings is 1. The lowest BCUT2D eigenvalue weighted by molar-refractivity contribution is -0.121. The summed E-state index contributed by atoms with van der Waals surface area (Å²) >= 11 is 0. The molecule has 1 fully saturated rings. The maximum Gasteiger partial charge on any atom is 0.278 e. The summed E-state index contributed by atoms with van der Waals surface area (Å²) in [5.41, 5.74) is 0.881. The lowest BCUT2D eigenvalue weighted by Gasteiger charge is -2.29. The van der Waals surface area contributed by atoms with Crippen molar-refractivity contribution in [1.82, 2.24) is 15.3 Å². The third-order valence-corrected chi connectivity index (χ3v) is 4.96. The van der Waals surface area contributed by atoms with Crippen LogP contribution in [0.5, 0.6) is 23.3 Å². The number of nitrogens with zero attached hydrogens (tertiary/aromatic N) is 2. The minimum absolute atomic E-state index is 0.00261. The third kappa shape index (κ3) is 5.49. The third-order valence-electron chi connectivity index (χ3n) is 4.96. The summed E-state index contributed by atoms with van der Waals surface area (Å²) in [7, 11) is 4.71. The maximum atomic E-state index is 12.4. The van der Waals surface area contributed by atoms with Crippen LogP contribution in [0.1, 0.15) is 31.2 Å². The lowest BCUT2D eigenvalue weighted by atomic mass is 9.92. The molecule has 0 radical (unpaired) electrons. The first-order valence-electron chi connectivity index (χ1n) is 9.64. The zero-order valence-electron chi connectivity index (χ0n) is 17.0. The monoisotopic (exact) mass is 401 g/mol. The van der Waals surface area contributed by atoms with Gasteiger partial charge in [-0.05, 0) is 43.4 Å². The summed E-state index contributed by atoms with van der Waals surface area (Å²) < 4.78 is 21.6. The number of nitrogens with one attached hydrogen (secondary N) is 1. The van der Waals surface area contributed by atoms with Crippen molar-refractivity contribution in [3.8, 4) is 23.3 Å². The Labute approximate surface area is 170 Å². The molecule has 3 rings (SSSR count). The van der Waals surface area contributed by atoms with Gasteiger partial charge in [0.2, 0.25) is 5.91 Å². The van der Waals surface area contributed by atoms with Crippen LogP contribution in [-0.2, 0) is 11.2 Å². The van der Waals surface area contributed by atoms with E-state index in [4.69, 9.17) is 18.9 Å². The average Bonchev–Trinajstić information content (AvgIpc) is 2.75. The molecule has 0 atom stereocenters. The van der Waals surface area contributed by atoms with Crippen LogP contribution in [0.3, 0.4) is 0 Å². The summed E-state index contributed by atoms with van der Waals surface area (Å²) in [6.07, 6.45) is 6.86. The van der Waals surface area contributed by atoms with Gasteiger partial charge in [0.1, 0.15) is 6.10 Å². The van der Waals surface area contributed by atoms with Crippen LogP contribution in [0.4, 0.5) is 0 Å². The number of aromatic nitrogens is 2. The van der Waals surface area contributed by atoms with Crippen molar-refractivity contribution in [1.29, 1.82) is 0 Å². The molecule has 0 saturated heterocycles. The Bertz CT molecular complexity index is 822. The Morgan fingerprint density at radius 3 is 2.31 bits per heavy atom. The van der Waals surface area contributed by atoms with Gasteiger partial charge in [-0.25, -0.2) is 9.97 Å². The van der Waals surface area contributed by atoms with Gasteiger partial charge in [-0.2, -0.15) is 0 Å². The summed E-state index contributed by atoms with van der Waals surface area (Å²) in [6.45, 7) is 0. The van der Waals surface area contributed by atoms with Gasteiger partial charge in [0.25, 0.3) is 11.8 Å². The Morgan fingerprint density at radius 1 is 0.966 bits per heavy atom. The summed E-state index contributed by atoms with van der Waals surface area (Å²) in [6, 6.07) is 5.66. The Hall–Kier alpha value is -3.03. The smallest absolute Gasteiger partial charge is 0.278 e. The fraction of sp³-hybridized carbons (Fsp3) is 0.476. The van der Waals surface area contributed by atoms with Crippen LogP contribution in [0.2, 0.25) is 0 Å². The molecule has 1 aromatic carbocycles. The van der Waals surface area contributed by atoms with Crippen molar-refractivity contribution in [2.75, 3.05) is 21.3 Å². The highest BCUT2D eigenvalue weighted by Crippen LogP contribution is 2.29. The second-order valence-corrected chi connectivity index (χ2v) is 6.90. The highest BCUT2D eigenvalue weighted by Gasteiger charge is 2.25. The van der Waals surface area contributed by atoms with Crippen LogP contribution >= 0.6 is 0 Å². The molecule has 1 heterocycles. The number of rotatable bonds is 8. The zero-order valence-corrected chi connectivity index (χ0v) is 17.0. The number of ether oxygens (including phenoxy) is 4. The fourth-order valence-corrected chi connectivity index (χ4v) is 3.47. The topological polar surface area (TPSA) is 91.8 Å². The SMILES string of the molecule is COc1ccc(CC(=O)NC2CCC(Oc3nccnc3OC)CC2)cc1OC. The molecule has 1 aromatic heterocycles. The van der Waals surface area contributed by atoms with Gasteiger partial charge in [-0.15, -0.1) is 0 Å². The van der Waals surface area contributed by atoms with Crippen molar-refractivity contribution < 1.29 is 23.7 Å². The van der Waals surface area contributed by atoms with Gasteiger partial charge in [0, 0.05) is 18.4 Å². The van der Waals surface area contributed by atoms with Gasteiger partial charge in [-0.3, -0.25) is 4.79 Å². The van der Waals surface area contributed by atoms with Gasteiger partial charge >= 0.3 is 0 Å². The van der Waals surface area contributed by atoms with E-state index in [2.05, 4.69) is 15.3 Å². The molecular weight excluding hydrogens is 374 g/mol. The number of hydrogen-bond acceptors (Lipinski definition) is 7. The van der Waals surface area contributed by atoms with E-state index in [0.29, 0.717) is 29.7 Å². The molecule has 1 aliphatic carbocycles. The zero-order chi connectivity index (χ0) is 20.6. The first kappa shape index (κ1) is 20.7. The maximum absolute atomic E-state index is 12.4. The van der Waals surface area contributed by atoms with Gasteiger partial charge in [0.15, 0.2) is 11.5 Å². The normalized spacial score (nSPS) is 18.6. The second kappa shape index (κ2) is 9.95. The van der Waals surface area contributed by atoms with Crippen molar-refractivity contribution in [3.05, 3.63) is 36.2 Å². The number of carbonyl (C=O) groups is 1. The number of amides is 1. The molecule has 8 nitrogen and oxygen atoms in total. The highest BCUT2D eigenvalue weighted by atomic mass is 16.5. The molecular formula is C21H27N3O5. The minimum atomic E-state index is -0.00261. The first-order valence-corrected chi connectivity index (χ1v) is 9.64. The van der Waals surface area contributed by atoms with E-state index in [1.54, 1.807) is 33.7 Å². The number of methoxy groups -OCH3 is 3. The van der Waals surface area contributed by atoms with Crippen molar-refractivity contribution >= 4 is 5.91 Å². The van der Waals surface area contributed by atoms with Crippen LogP contribution < -0.4 is 24.3 Å². The van der Waals surface area contributed by atoms with Gasteiger partial charge < -0.3 is 24.3 Å². The van der Waals surface area contributed by atoms with Crippen LogP contribution in [-0.4, -0.2) is 49.4 Å². The Morgan fingerprint density at radius 2 is 1.66 bits per heavy atom. The van der Waals surface area contributed by atoms with Crippen LogP contribution in [0, 0.1) is 0 Å². The van der Waals surface area contributed by atoms with E-state index in [1.165, 1.54) is 0 Å². The largest absolute Gasteiger partial charge is 0.493 e. The quantitative estimate of drug-likeness (QED) is 0.727. The first-order chi connectivity index (χ1) is 14.1. The van der Waals surface area contributed by atoms with Gasteiger partial charge in [0.05, 0.1) is 27.8 Å². The second-order valence-electron chi connectivity index (χ2n) is 6.90. The van der Waals surface area contributed by atoms with E-state index in [-0.39, 0.29) is 18.1 Å². The summed E-state index contributed by atoms with van der Waals surface area (Å²) in [5, 5.41) is 3.12. The van der Waals surface area contributed by atoms with Crippen LogP contribution in [0.25, 0.3) is 0 Å². The van der Waals surface area contributed by atoms with E-state index in [1.807, 2.05) is 18.2 Å². The highest BCUT2D eigenvalue weighted by molar-refractivity contribution is 5.79. The lowest BCUT2D eigenvalue weighted by Crippen LogP contribution is -2.40. The summed E-state index contributed by atoms with van der Waals surface area (Å²) in [5.74, 6) is 2.07. The van der Waals surface area contributed by atoms with Gasteiger partial charge in [-0.1, -0.05) is 6.07 Å². The van der Waals surface area contributed by atoms with E-state index < -0.39 is 0 Å². The molecule has 29 heavy (non-hydrogen) atoms. The standard InChI is InChI=1S/C21H27N3O5/c1-26-17-9-4-14(12-18(17)27-2)13-19(25)24-15-5-7-16(8-6-15)29-21-20(28-3)22-10-11-23-21/h4,9-12,15-16H,5-8,13H2,1-3H3,(H,24,25). The van der Waals surface area contributed by atoms with E-state index in [9.17, 15) is 4.79 Å². The Balaban J connectivity index is 1.47. The molecule has 0 unspecified atom stereocenters. The number of hydrogen-bond donors (Lipinski definition) is 1. The number of carbonyl (C=O) groups excluding carboxylic acids is 1. The molecule has 1 N–H and O–H groups in total. The van der Waals surface area contributed by atoms with Crippen molar-refractivity contribution in [3.63, 3.8) is 0 Å². The molecule has 1 amide bonds. The van der Waals surface area contributed by atoms with Crippen molar-refractivity contribution in [2.45, 2.75) is 44.2 Å². The molecule has 1 saturated carbocycles. The molecule has 2 aromatic rings.